The molecule has 0 saturated carbocycles. The number of pyridine rings is 1. The minimum Gasteiger partial charge on any atom is -0.388 e. The minimum atomic E-state index is -2.56. The van der Waals surface area contributed by atoms with Crippen molar-refractivity contribution in [3.05, 3.63) is 30.0 Å². The molecule has 3 nitrogen and oxygen atoms in total. The molecule has 0 bridgehead atoms. The Morgan fingerprint density at radius 1 is 1.20 bits per heavy atom. The fourth-order valence-corrected chi connectivity index (χ4v) is 2.34. The molecule has 1 N–H and O–H groups in total. The average Bonchev–Trinajstić information content (AvgIpc) is 2.47. The summed E-state index contributed by atoms with van der Waals surface area (Å²) < 4.78 is 25.7. The molecule has 5 heteroatoms. The van der Waals surface area contributed by atoms with E-state index in [-0.39, 0.29) is 5.69 Å². The average molecular weight is 279 g/mol. The first-order valence-corrected chi connectivity index (χ1v) is 6.76. The van der Waals surface area contributed by atoms with Crippen LogP contribution in [0.25, 0.3) is 10.9 Å². The van der Waals surface area contributed by atoms with Crippen molar-refractivity contribution in [3.8, 4) is 0 Å². The minimum absolute atomic E-state index is 0.197. The highest BCUT2D eigenvalue weighted by molar-refractivity contribution is 5.93. The summed E-state index contributed by atoms with van der Waals surface area (Å²) in [6.45, 7) is 5.98. The van der Waals surface area contributed by atoms with Crippen LogP contribution >= 0.6 is 0 Å². The zero-order valence-electron chi connectivity index (χ0n) is 12.0. The fraction of sp³-hybridized carbons (Fsp3) is 0.400. The summed E-state index contributed by atoms with van der Waals surface area (Å²) in [5, 5.41) is 3.84. The first kappa shape index (κ1) is 14.5. The molecule has 0 saturated heterocycles. The molecule has 0 aliphatic carbocycles. The maximum absolute atomic E-state index is 12.8. The van der Waals surface area contributed by atoms with E-state index in [1.807, 2.05) is 12.1 Å². The number of nitrogens with one attached hydrogen (secondary N) is 1. The van der Waals surface area contributed by atoms with Crippen molar-refractivity contribution in [2.24, 2.45) is 0 Å². The second-order valence-corrected chi connectivity index (χ2v) is 4.52. The van der Waals surface area contributed by atoms with E-state index in [9.17, 15) is 8.78 Å². The van der Waals surface area contributed by atoms with Crippen molar-refractivity contribution in [1.82, 2.24) is 4.98 Å². The smallest absolute Gasteiger partial charge is 0.280 e. The van der Waals surface area contributed by atoms with Crippen molar-refractivity contribution in [2.45, 2.75) is 20.3 Å². The first-order chi connectivity index (χ1) is 9.60. The number of nitrogens with zero attached hydrogens (tertiary/aromatic N) is 2. The van der Waals surface area contributed by atoms with Gasteiger partial charge < -0.3 is 10.2 Å². The van der Waals surface area contributed by atoms with Crippen LogP contribution < -0.4 is 10.2 Å². The number of anilines is 2. The van der Waals surface area contributed by atoms with Gasteiger partial charge in [-0.1, -0.05) is 0 Å². The molecule has 108 valence electrons. The quantitative estimate of drug-likeness (QED) is 0.894. The van der Waals surface area contributed by atoms with Crippen LogP contribution in [-0.4, -0.2) is 25.1 Å². The molecule has 0 spiro atoms. The summed E-state index contributed by atoms with van der Waals surface area (Å²) in [5.74, 6) is 0. The van der Waals surface area contributed by atoms with E-state index >= 15 is 0 Å². The monoisotopic (exact) mass is 279 g/mol. The first-order valence-electron chi connectivity index (χ1n) is 6.76. The third kappa shape index (κ3) is 2.66. The molecule has 0 aliphatic heterocycles. The lowest BCUT2D eigenvalue weighted by molar-refractivity contribution is 0.146. The fourth-order valence-electron chi connectivity index (χ4n) is 2.34. The van der Waals surface area contributed by atoms with Gasteiger partial charge in [-0.25, -0.2) is 13.8 Å². The largest absolute Gasteiger partial charge is 0.388 e. The van der Waals surface area contributed by atoms with Gasteiger partial charge in [0.15, 0.2) is 0 Å². The van der Waals surface area contributed by atoms with Gasteiger partial charge in [-0.15, -0.1) is 0 Å². The van der Waals surface area contributed by atoms with Crippen LogP contribution in [0.2, 0.25) is 0 Å². The second-order valence-electron chi connectivity index (χ2n) is 4.52. The number of rotatable bonds is 5. The molecule has 1 heterocycles. The van der Waals surface area contributed by atoms with Crippen molar-refractivity contribution in [2.75, 3.05) is 30.4 Å². The normalized spacial score (nSPS) is 11.1. The summed E-state index contributed by atoms with van der Waals surface area (Å²) >= 11 is 0. The molecule has 0 amide bonds. The Labute approximate surface area is 117 Å². The molecular formula is C15H19F2N3. The summed E-state index contributed by atoms with van der Waals surface area (Å²) in [5.41, 5.74) is 2.14. The highest BCUT2D eigenvalue weighted by atomic mass is 19.3. The molecule has 0 unspecified atom stereocenters. The molecule has 0 fully saturated rings. The summed E-state index contributed by atoms with van der Waals surface area (Å²) in [7, 11) is 1.73. The number of fused-ring (bicyclic) bond motifs is 1. The standard InChI is InChI=1S/C15H19F2N3/c1-4-20(5-2)10-6-7-12-11(8-10)13(18-3)9-14(19-12)15(16)17/h6-9,15H,4-5H2,1-3H3,(H,18,19). The van der Waals surface area contributed by atoms with E-state index in [0.29, 0.717) is 11.2 Å². The van der Waals surface area contributed by atoms with Crippen molar-refractivity contribution >= 4 is 22.3 Å². The van der Waals surface area contributed by atoms with E-state index in [2.05, 4.69) is 29.0 Å². The van der Waals surface area contributed by atoms with Gasteiger partial charge in [0.05, 0.1) is 5.52 Å². The summed E-state index contributed by atoms with van der Waals surface area (Å²) in [6.07, 6.45) is -2.56. The molecule has 1 aromatic carbocycles. The van der Waals surface area contributed by atoms with Crippen LogP contribution in [0.3, 0.4) is 0 Å². The highest BCUT2D eigenvalue weighted by Gasteiger charge is 2.13. The predicted molar refractivity (Wildman–Crippen MR) is 79.8 cm³/mol. The van der Waals surface area contributed by atoms with E-state index < -0.39 is 6.43 Å². The zero-order chi connectivity index (χ0) is 14.7. The molecule has 2 rings (SSSR count). The molecule has 0 aliphatic rings. The van der Waals surface area contributed by atoms with Gasteiger partial charge in [0.1, 0.15) is 5.69 Å². The summed E-state index contributed by atoms with van der Waals surface area (Å²) in [6, 6.07) is 7.14. The molecule has 0 atom stereocenters. The van der Waals surface area contributed by atoms with Gasteiger partial charge in [-0.2, -0.15) is 0 Å². The van der Waals surface area contributed by atoms with Gasteiger partial charge in [0.2, 0.25) is 0 Å². The van der Waals surface area contributed by atoms with Gasteiger partial charge in [0.25, 0.3) is 6.43 Å². The van der Waals surface area contributed by atoms with Crippen molar-refractivity contribution in [3.63, 3.8) is 0 Å². The highest BCUT2D eigenvalue weighted by Crippen LogP contribution is 2.30. The Balaban J connectivity index is 2.59. The maximum Gasteiger partial charge on any atom is 0.280 e. The third-order valence-corrected chi connectivity index (χ3v) is 3.43. The van der Waals surface area contributed by atoms with Crippen LogP contribution in [0.4, 0.5) is 20.2 Å². The Bertz CT molecular complexity index is 595. The number of halogens is 2. The van der Waals surface area contributed by atoms with Crippen molar-refractivity contribution in [1.29, 1.82) is 0 Å². The number of aromatic nitrogens is 1. The maximum atomic E-state index is 12.8. The lowest BCUT2D eigenvalue weighted by atomic mass is 10.1. The molecule has 0 radical (unpaired) electrons. The number of hydrogen-bond acceptors (Lipinski definition) is 3. The topological polar surface area (TPSA) is 28.2 Å². The molecular weight excluding hydrogens is 260 g/mol. The second kappa shape index (κ2) is 6.03. The van der Waals surface area contributed by atoms with Gasteiger partial charge in [-0.3, -0.25) is 0 Å². The molecule has 20 heavy (non-hydrogen) atoms. The lowest BCUT2D eigenvalue weighted by Crippen LogP contribution is -2.21. The zero-order valence-corrected chi connectivity index (χ0v) is 12.0. The van der Waals surface area contributed by atoms with E-state index in [1.165, 1.54) is 6.07 Å². The SMILES string of the molecule is CCN(CC)c1ccc2nc(C(F)F)cc(NC)c2c1. The van der Waals surface area contributed by atoms with Crippen LogP contribution in [0.15, 0.2) is 24.3 Å². The molecule has 2 aromatic rings. The van der Waals surface area contributed by atoms with E-state index in [0.717, 1.165) is 24.2 Å². The number of hydrogen-bond donors (Lipinski definition) is 1. The number of alkyl halides is 2. The Morgan fingerprint density at radius 2 is 1.90 bits per heavy atom. The summed E-state index contributed by atoms with van der Waals surface area (Å²) in [4.78, 5) is 6.24. The predicted octanol–water partition coefficient (Wildman–Crippen LogP) is 4.06. The Kier molecular flexibility index (Phi) is 4.37. The van der Waals surface area contributed by atoms with Gasteiger partial charge >= 0.3 is 0 Å². The lowest BCUT2D eigenvalue weighted by Gasteiger charge is -2.21. The number of benzene rings is 1. The Hall–Kier alpha value is -1.91. The van der Waals surface area contributed by atoms with E-state index in [4.69, 9.17) is 0 Å². The third-order valence-electron chi connectivity index (χ3n) is 3.43. The van der Waals surface area contributed by atoms with Crippen LogP contribution in [0.1, 0.15) is 26.0 Å². The Morgan fingerprint density at radius 3 is 2.45 bits per heavy atom. The molecule has 1 aromatic heterocycles. The van der Waals surface area contributed by atoms with Crippen molar-refractivity contribution < 1.29 is 8.78 Å². The van der Waals surface area contributed by atoms with Crippen LogP contribution in [0, 0.1) is 0 Å². The van der Waals surface area contributed by atoms with Gasteiger partial charge in [0, 0.05) is 36.9 Å². The van der Waals surface area contributed by atoms with Gasteiger partial charge in [-0.05, 0) is 38.1 Å². The van der Waals surface area contributed by atoms with Crippen LogP contribution in [0.5, 0.6) is 0 Å². The van der Waals surface area contributed by atoms with E-state index in [1.54, 1.807) is 13.1 Å². The van der Waals surface area contributed by atoms with Crippen LogP contribution in [-0.2, 0) is 0 Å².